The van der Waals surface area contributed by atoms with E-state index < -0.39 is 28.9 Å². The normalized spacial score (nSPS) is 11.0. The summed E-state index contributed by atoms with van der Waals surface area (Å²) in [5.74, 6) is -2.79. The van der Waals surface area contributed by atoms with Crippen LogP contribution in [-0.4, -0.2) is 25.4 Å². The smallest absolute Gasteiger partial charge is 0.332 e. The third kappa shape index (κ3) is 1.86. The fraction of sp³-hybridized carbons (Fsp3) is 0. The summed E-state index contributed by atoms with van der Waals surface area (Å²) in [5, 5.41) is 0. The predicted octanol–water partition coefficient (Wildman–Crippen LogP) is 0.486. The highest BCUT2D eigenvalue weighted by Gasteiger charge is 2.21. The number of aromatic nitrogens is 4. The largest absolute Gasteiger partial charge is 0.364 e. The monoisotopic (exact) mass is 291 g/mol. The van der Waals surface area contributed by atoms with Crippen molar-refractivity contribution in [3.8, 4) is 5.69 Å². The number of nitrogens with zero attached hydrogens (tertiary/aromatic N) is 3. The Bertz CT molecular complexity index is 911. The minimum atomic E-state index is -0.947. The van der Waals surface area contributed by atoms with Crippen LogP contribution in [0.3, 0.4) is 0 Å². The van der Waals surface area contributed by atoms with E-state index in [9.17, 15) is 18.4 Å². The molecule has 0 aliphatic rings. The Balaban J connectivity index is 2.45. The van der Waals surface area contributed by atoms with Crippen LogP contribution in [0.15, 0.2) is 29.3 Å². The molecule has 0 saturated heterocycles. The molecule has 0 spiro atoms. The van der Waals surface area contributed by atoms with Crippen LogP contribution in [0.1, 0.15) is 10.5 Å². The number of para-hydroxylation sites is 1. The molecule has 3 N–H and O–H groups in total. The summed E-state index contributed by atoms with van der Waals surface area (Å²) >= 11 is 0. The maximum atomic E-state index is 13.8. The van der Waals surface area contributed by atoms with Crippen LogP contribution < -0.4 is 11.4 Å². The van der Waals surface area contributed by atoms with Crippen molar-refractivity contribution in [1.29, 1.82) is 0 Å². The average Bonchev–Trinajstić information content (AvgIpc) is 2.75. The van der Waals surface area contributed by atoms with E-state index in [-0.39, 0.29) is 16.9 Å². The van der Waals surface area contributed by atoms with Crippen molar-refractivity contribution in [3.63, 3.8) is 0 Å². The molecular formula is C12H7F2N5O2. The molecule has 0 aliphatic carbocycles. The van der Waals surface area contributed by atoms with Gasteiger partial charge >= 0.3 is 5.69 Å². The molecule has 2 aromatic heterocycles. The molecular weight excluding hydrogens is 284 g/mol. The number of halogens is 2. The maximum absolute atomic E-state index is 13.8. The van der Waals surface area contributed by atoms with Gasteiger partial charge in [0, 0.05) is 0 Å². The number of imidazole rings is 1. The number of benzene rings is 1. The van der Waals surface area contributed by atoms with Gasteiger partial charge in [0.25, 0.3) is 5.91 Å². The third-order valence-electron chi connectivity index (χ3n) is 2.87. The van der Waals surface area contributed by atoms with E-state index in [1.54, 1.807) is 0 Å². The highest BCUT2D eigenvalue weighted by Crippen LogP contribution is 2.20. The van der Waals surface area contributed by atoms with Gasteiger partial charge in [0.1, 0.15) is 29.2 Å². The number of hydrogen-bond donors (Lipinski definition) is 2. The Morgan fingerprint density at radius 1 is 1.24 bits per heavy atom. The third-order valence-corrected chi connectivity index (χ3v) is 2.87. The standard InChI is InChI=1S/C12H7F2N5O2/c13-5-2-1-3-6(14)9(5)19-11-8(18-12(19)21)7(10(15)20)16-4-17-11/h1-4H,(H2,15,20)(H,18,21). The zero-order chi connectivity index (χ0) is 15.1. The van der Waals surface area contributed by atoms with Crippen molar-refractivity contribution in [2.24, 2.45) is 5.73 Å². The molecule has 0 atom stereocenters. The number of nitrogens with two attached hydrogens (primary N) is 1. The SMILES string of the molecule is NC(=O)c1ncnc2c1[nH]c(=O)n2-c1c(F)cccc1F. The summed E-state index contributed by atoms with van der Waals surface area (Å²) in [4.78, 5) is 32.9. The van der Waals surface area contributed by atoms with Gasteiger partial charge in [-0.05, 0) is 12.1 Å². The van der Waals surface area contributed by atoms with Gasteiger partial charge < -0.3 is 10.7 Å². The van der Waals surface area contributed by atoms with E-state index in [2.05, 4.69) is 15.0 Å². The van der Waals surface area contributed by atoms with Gasteiger partial charge in [-0.25, -0.2) is 28.1 Å². The molecule has 21 heavy (non-hydrogen) atoms. The van der Waals surface area contributed by atoms with Gasteiger partial charge in [-0.2, -0.15) is 0 Å². The number of carbonyl (C=O) groups is 1. The minimum absolute atomic E-state index is 0.0855. The van der Waals surface area contributed by atoms with E-state index in [0.717, 1.165) is 24.5 Å². The molecule has 1 amide bonds. The Labute approximate surface area is 115 Å². The molecule has 0 radical (unpaired) electrons. The number of H-pyrrole nitrogens is 1. The lowest BCUT2D eigenvalue weighted by molar-refractivity contribution is 0.0997. The quantitative estimate of drug-likeness (QED) is 0.716. The van der Waals surface area contributed by atoms with E-state index >= 15 is 0 Å². The van der Waals surface area contributed by atoms with Crippen LogP contribution in [0.4, 0.5) is 8.78 Å². The summed E-state index contributed by atoms with van der Waals surface area (Å²) < 4.78 is 28.4. The zero-order valence-electron chi connectivity index (χ0n) is 10.3. The Morgan fingerprint density at radius 2 is 1.90 bits per heavy atom. The number of nitrogens with one attached hydrogen (secondary N) is 1. The van der Waals surface area contributed by atoms with Gasteiger partial charge in [-0.15, -0.1) is 0 Å². The first-order valence-corrected chi connectivity index (χ1v) is 5.70. The summed E-state index contributed by atoms with van der Waals surface area (Å²) in [7, 11) is 0. The van der Waals surface area contributed by atoms with E-state index in [1.807, 2.05) is 0 Å². The molecule has 1 aromatic carbocycles. The molecule has 0 fully saturated rings. The van der Waals surface area contributed by atoms with Gasteiger partial charge in [-0.1, -0.05) is 6.07 Å². The molecule has 3 aromatic rings. The summed E-state index contributed by atoms with van der Waals surface area (Å²) in [6.07, 6.45) is 0.977. The van der Waals surface area contributed by atoms with Crippen LogP contribution in [0.5, 0.6) is 0 Å². The van der Waals surface area contributed by atoms with Crippen LogP contribution >= 0.6 is 0 Å². The molecule has 3 rings (SSSR count). The fourth-order valence-electron chi connectivity index (χ4n) is 2.02. The number of aromatic amines is 1. The van der Waals surface area contributed by atoms with Crippen molar-refractivity contribution in [3.05, 3.63) is 52.3 Å². The van der Waals surface area contributed by atoms with Gasteiger partial charge in [0.05, 0.1) is 0 Å². The lowest BCUT2D eigenvalue weighted by atomic mass is 10.3. The highest BCUT2D eigenvalue weighted by molar-refractivity contribution is 6.01. The second-order valence-corrected chi connectivity index (χ2v) is 4.12. The van der Waals surface area contributed by atoms with Crippen LogP contribution in [0.2, 0.25) is 0 Å². The molecule has 0 saturated carbocycles. The highest BCUT2D eigenvalue weighted by atomic mass is 19.1. The van der Waals surface area contributed by atoms with Crippen molar-refractivity contribution in [1.82, 2.24) is 19.5 Å². The van der Waals surface area contributed by atoms with Crippen LogP contribution in [0, 0.1) is 11.6 Å². The summed E-state index contributed by atoms with van der Waals surface area (Å²) in [5.41, 5.74) is 3.20. The lowest BCUT2D eigenvalue weighted by Gasteiger charge is -2.05. The predicted molar refractivity (Wildman–Crippen MR) is 67.9 cm³/mol. The maximum Gasteiger partial charge on any atom is 0.332 e. The second-order valence-electron chi connectivity index (χ2n) is 4.12. The van der Waals surface area contributed by atoms with Crippen LogP contribution in [0.25, 0.3) is 16.9 Å². The number of carbonyl (C=O) groups excluding carboxylic acids is 1. The van der Waals surface area contributed by atoms with E-state index in [0.29, 0.717) is 4.57 Å². The van der Waals surface area contributed by atoms with Crippen LogP contribution in [-0.2, 0) is 0 Å². The number of amides is 1. The van der Waals surface area contributed by atoms with Crippen molar-refractivity contribution in [2.45, 2.75) is 0 Å². The zero-order valence-corrected chi connectivity index (χ0v) is 10.3. The minimum Gasteiger partial charge on any atom is -0.364 e. The Morgan fingerprint density at radius 3 is 2.52 bits per heavy atom. The van der Waals surface area contributed by atoms with E-state index in [1.165, 1.54) is 0 Å². The Kier molecular flexibility index (Phi) is 2.75. The first-order valence-electron chi connectivity index (χ1n) is 5.70. The van der Waals surface area contributed by atoms with Gasteiger partial charge in [0.15, 0.2) is 11.3 Å². The van der Waals surface area contributed by atoms with Gasteiger partial charge in [-0.3, -0.25) is 4.79 Å². The molecule has 0 bridgehead atoms. The molecule has 7 nitrogen and oxygen atoms in total. The molecule has 106 valence electrons. The van der Waals surface area contributed by atoms with E-state index in [4.69, 9.17) is 5.73 Å². The first-order chi connectivity index (χ1) is 10.0. The average molecular weight is 291 g/mol. The number of fused-ring (bicyclic) bond motifs is 1. The molecule has 0 unspecified atom stereocenters. The van der Waals surface area contributed by atoms with Gasteiger partial charge in [0.2, 0.25) is 0 Å². The molecule has 0 aliphatic heterocycles. The second kappa shape index (κ2) is 4.47. The van der Waals surface area contributed by atoms with Crippen molar-refractivity contribution in [2.75, 3.05) is 0 Å². The summed E-state index contributed by atoms with van der Waals surface area (Å²) in [6.45, 7) is 0. The fourth-order valence-corrected chi connectivity index (χ4v) is 2.02. The summed E-state index contributed by atoms with van der Waals surface area (Å²) in [6, 6.07) is 3.16. The molecule has 9 heteroatoms. The lowest BCUT2D eigenvalue weighted by Crippen LogP contribution is -2.17. The Hall–Kier alpha value is -3.10. The number of hydrogen-bond acceptors (Lipinski definition) is 4. The number of rotatable bonds is 2. The topological polar surface area (TPSA) is 107 Å². The number of primary amides is 1. The molecule has 2 heterocycles. The first kappa shape index (κ1) is 12.9. The van der Waals surface area contributed by atoms with Crippen molar-refractivity contribution >= 4 is 17.1 Å². The van der Waals surface area contributed by atoms with Crippen molar-refractivity contribution < 1.29 is 13.6 Å².